The van der Waals surface area contributed by atoms with E-state index in [2.05, 4.69) is 10.3 Å². The molecule has 0 saturated carbocycles. The monoisotopic (exact) mass is 224 g/mol. The Morgan fingerprint density at radius 3 is 2.50 bits per heavy atom. The van der Waals surface area contributed by atoms with E-state index in [1.165, 1.54) is 6.07 Å². The summed E-state index contributed by atoms with van der Waals surface area (Å²) in [5.74, 6) is 1.05. The quantitative estimate of drug-likeness (QED) is 0.610. The summed E-state index contributed by atoms with van der Waals surface area (Å²) in [6.45, 7) is 5.27. The number of nitrogens with zero attached hydrogens (tertiary/aromatic N) is 3. The Hall–Kier alpha value is -1.85. The van der Waals surface area contributed by atoms with E-state index in [4.69, 9.17) is 0 Å². The first-order valence-electron chi connectivity index (χ1n) is 5.22. The van der Waals surface area contributed by atoms with Gasteiger partial charge in [0, 0.05) is 26.2 Å². The Morgan fingerprint density at radius 1 is 1.44 bits per heavy atom. The third-order valence-corrected chi connectivity index (χ3v) is 2.37. The molecule has 0 radical (unpaired) electrons. The number of pyridine rings is 1. The van der Waals surface area contributed by atoms with Crippen molar-refractivity contribution in [3.05, 3.63) is 22.2 Å². The maximum absolute atomic E-state index is 10.9. The van der Waals surface area contributed by atoms with Gasteiger partial charge in [-0.15, -0.1) is 0 Å². The van der Waals surface area contributed by atoms with Gasteiger partial charge in [-0.1, -0.05) is 0 Å². The van der Waals surface area contributed by atoms with Crippen molar-refractivity contribution in [3.63, 3.8) is 0 Å². The fourth-order valence-corrected chi connectivity index (χ4v) is 1.48. The highest BCUT2D eigenvalue weighted by atomic mass is 16.6. The molecule has 0 fully saturated rings. The number of hydrogen-bond donors (Lipinski definition) is 1. The lowest BCUT2D eigenvalue weighted by Crippen LogP contribution is -2.24. The van der Waals surface area contributed by atoms with Crippen LogP contribution in [0.1, 0.15) is 13.8 Å². The Morgan fingerprint density at radius 2 is 2.06 bits per heavy atom. The summed E-state index contributed by atoms with van der Waals surface area (Å²) in [5.41, 5.74) is 0.0442. The van der Waals surface area contributed by atoms with Crippen LogP contribution < -0.4 is 10.2 Å². The molecule has 0 saturated heterocycles. The molecule has 6 heteroatoms. The molecule has 1 aromatic heterocycles. The predicted octanol–water partition coefficient (Wildman–Crippen LogP) is 1.88. The van der Waals surface area contributed by atoms with Gasteiger partial charge < -0.3 is 10.2 Å². The molecule has 1 heterocycles. The van der Waals surface area contributed by atoms with Crippen molar-refractivity contribution in [1.29, 1.82) is 0 Å². The molecule has 6 nitrogen and oxygen atoms in total. The van der Waals surface area contributed by atoms with Crippen LogP contribution >= 0.6 is 0 Å². The van der Waals surface area contributed by atoms with Crippen molar-refractivity contribution in [3.8, 4) is 0 Å². The Bertz CT molecular complexity index is 377. The smallest absolute Gasteiger partial charge is 0.311 e. The lowest BCUT2D eigenvalue weighted by molar-refractivity contribution is -0.384. The molecule has 1 rings (SSSR count). The molecule has 0 spiro atoms. The van der Waals surface area contributed by atoms with E-state index in [9.17, 15) is 10.1 Å². The second kappa shape index (κ2) is 5.29. The molecule has 0 aliphatic carbocycles. The van der Waals surface area contributed by atoms with Gasteiger partial charge in [0.25, 0.3) is 0 Å². The number of nitro groups is 1. The van der Waals surface area contributed by atoms with Crippen molar-refractivity contribution in [2.75, 3.05) is 30.4 Å². The van der Waals surface area contributed by atoms with Crippen LogP contribution in [0.2, 0.25) is 0 Å². The van der Waals surface area contributed by atoms with Crippen LogP contribution in [0.4, 0.5) is 17.3 Å². The maximum atomic E-state index is 10.9. The van der Waals surface area contributed by atoms with Crippen molar-refractivity contribution < 1.29 is 4.92 Å². The minimum Gasteiger partial charge on any atom is -0.373 e. The number of nitrogens with one attached hydrogen (secondary N) is 1. The minimum atomic E-state index is -0.403. The molecule has 0 unspecified atom stereocenters. The molecule has 16 heavy (non-hydrogen) atoms. The van der Waals surface area contributed by atoms with Gasteiger partial charge >= 0.3 is 5.69 Å². The standard InChI is InChI=1S/C10H16N4O2/c1-4-13(5-2)10-8(14(15)16)6-7-9(11-3)12-10/h6-7H,4-5H2,1-3H3,(H,11,12). The largest absolute Gasteiger partial charge is 0.373 e. The summed E-state index contributed by atoms with van der Waals surface area (Å²) in [5, 5.41) is 13.8. The molecule has 0 aliphatic heterocycles. The summed E-state index contributed by atoms with van der Waals surface area (Å²) in [4.78, 5) is 16.6. The predicted molar refractivity (Wildman–Crippen MR) is 64.0 cm³/mol. The van der Waals surface area contributed by atoms with Crippen LogP contribution in [0.3, 0.4) is 0 Å². The van der Waals surface area contributed by atoms with Gasteiger partial charge in [-0.2, -0.15) is 0 Å². The van der Waals surface area contributed by atoms with Crippen LogP contribution in [0.25, 0.3) is 0 Å². The van der Waals surface area contributed by atoms with Crippen LogP contribution in [-0.2, 0) is 0 Å². The van der Waals surface area contributed by atoms with Gasteiger partial charge in [0.1, 0.15) is 5.82 Å². The topological polar surface area (TPSA) is 71.3 Å². The molecular formula is C10H16N4O2. The van der Waals surface area contributed by atoms with Crippen molar-refractivity contribution >= 4 is 17.3 Å². The second-order valence-electron chi connectivity index (χ2n) is 3.22. The number of hydrogen-bond acceptors (Lipinski definition) is 5. The highest BCUT2D eigenvalue weighted by Crippen LogP contribution is 2.27. The van der Waals surface area contributed by atoms with E-state index in [0.717, 1.165) is 0 Å². The van der Waals surface area contributed by atoms with Gasteiger partial charge in [0.05, 0.1) is 4.92 Å². The lowest BCUT2D eigenvalue weighted by Gasteiger charge is -2.19. The normalized spacial score (nSPS) is 9.94. The molecule has 88 valence electrons. The van der Waals surface area contributed by atoms with Crippen LogP contribution in [0, 0.1) is 10.1 Å². The van der Waals surface area contributed by atoms with E-state index >= 15 is 0 Å². The van der Waals surface area contributed by atoms with Crippen LogP contribution in [0.5, 0.6) is 0 Å². The number of aromatic nitrogens is 1. The Kier molecular flexibility index (Phi) is 4.04. The van der Waals surface area contributed by atoms with E-state index in [1.54, 1.807) is 13.1 Å². The van der Waals surface area contributed by atoms with E-state index < -0.39 is 4.92 Å². The fraction of sp³-hybridized carbons (Fsp3) is 0.500. The van der Waals surface area contributed by atoms with Gasteiger partial charge in [-0.3, -0.25) is 10.1 Å². The zero-order valence-electron chi connectivity index (χ0n) is 9.73. The first-order chi connectivity index (χ1) is 7.63. The molecular weight excluding hydrogens is 208 g/mol. The minimum absolute atomic E-state index is 0.0442. The second-order valence-corrected chi connectivity index (χ2v) is 3.22. The molecule has 1 N–H and O–H groups in total. The molecule has 0 amide bonds. The summed E-state index contributed by atoms with van der Waals surface area (Å²) in [7, 11) is 1.74. The van der Waals surface area contributed by atoms with Crippen molar-refractivity contribution in [2.45, 2.75) is 13.8 Å². The van der Waals surface area contributed by atoms with Crippen molar-refractivity contribution in [2.24, 2.45) is 0 Å². The van der Waals surface area contributed by atoms with E-state index in [0.29, 0.717) is 24.7 Å². The first kappa shape index (κ1) is 12.2. The lowest BCUT2D eigenvalue weighted by atomic mass is 10.3. The fourth-order valence-electron chi connectivity index (χ4n) is 1.48. The first-order valence-corrected chi connectivity index (χ1v) is 5.22. The van der Waals surface area contributed by atoms with Gasteiger partial charge in [-0.05, 0) is 19.9 Å². The van der Waals surface area contributed by atoms with Crippen LogP contribution in [0.15, 0.2) is 12.1 Å². The zero-order valence-corrected chi connectivity index (χ0v) is 9.73. The third-order valence-electron chi connectivity index (χ3n) is 2.37. The zero-order chi connectivity index (χ0) is 12.1. The number of rotatable bonds is 5. The average Bonchev–Trinajstić information content (AvgIpc) is 2.30. The Labute approximate surface area is 94.4 Å². The molecule has 0 aromatic carbocycles. The summed E-state index contributed by atoms with van der Waals surface area (Å²) in [6.07, 6.45) is 0. The Balaban J connectivity index is 3.24. The molecule has 0 atom stereocenters. The van der Waals surface area contributed by atoms with Crippen molar-refractivity contribution in [1.82, 2.24) is 4.98 Å². The average molecular weight is 224 g/mol. The van der Waals surface area contributed by atoms with Gasteiger partial charge in [0.15, 0.2) is 0 Å². The summed E-state index contributed by atoms with van der Waals surface area (Å²) in [6, 6.07) is 3.08. The summed E-state index contributed by atoms with van der Waals surface area (Å²) < 4.78 is 0. The highest BCUT2D eigenvalue weighted by molar-refractivity contribution is 5.61. The summed E-state index contributed by atoms with van der Waals surface area (Å²) >= 11 is 0. The highest BCUT2D eigenvalue weighted by Gasteiger charge is 2.19. The SMILES string of the molecule is CCN(CC)c1nc(NC)ccc1[N+](=O)[O-]. The van der Waals surface area contributed by atoms with E-state index in [-0.39, 0.29) is 5.69 Å². The maximum Gasteiger partial charge on any atom is 0.311 e. The van der Waals surface area contributed by atoms with Crippen LogP contribution in [-0.4, -0.2) is 30.0 Å². The van der Waals surface area contributed by atoms with Gasteiger partial charge in [-0.25, -0.2) is 4.98 Å². The third kappa shape index (κ3) is 2.39. The number of anilines is 2. The molecule has 1 aromatic rings. The van der Waals surface area contributed by atoms with E-state index in [1.807, 2.05) is 18.7 Å². The molecule has 0 bridgehead atoms. The van der Waals surface area contributed by atoms with Gasteiger partial charge in [0.2, 0.25) is 5.82 Å². The molecule has 0 aliphatic rings.